The second-order valence-electron chi connectivity index (χ2n) is 7.52. The SMILES string of the molecule is O=C(NC1CC1)c1ccc(N2CCC(NS(=O)(=O)c3cccs3)CC2)c([N+](=O)[O-])c1. The second-order valence-corrected chi connectivity index (χ2v) is 10.4. The van der Waals surface area contributed by atoms with Gasteiger partial charge in [0.2, 0.25) is 10.0 Å². The number of hydrogen-bond acceptors (Lipinski definition) is 7. The minimum absolute atomic E-state index is 0.115. The van der Waals surface area contributed by atoms with E-state index in [4.69, 9.17) is 0 Å². The van der Waals surface area contributed by atoms with Gasteiger partial charge >= 0.3 is 0 Å². The maximum Gasteiger partial charge on any atom is 0.293 e. The van der Waals surface area contributed by atoms with Crippen LogP contribution in [0.1, 0.15) is 36.0 Å². The summed E-state index contributed by atoms with van der Waals surface area (Å²) >= 11 is 1.16. The number of nitro benzene ring substituents is 1. The zero-order chi connectivity index (χ0) is 21.3. The lowest BCUT2D eigenvalue weighted by Crippen LogP contribution is -2.44. The lowest BCUT2D eigenvalue weighted by Gasteiger charge is -2.33. The van der Waals surface area contributed by atoms with Crippen LogP contribution >= 0.6 is 11.3 Å². The molecule has 2 fully saturated rings. The average molecular weight is 451 g/mol. The molecule has 1 aromatic heterocycles. The average Bonchev–Trinajstić information content (AvgIpc) is 3.34. The van der Waals surface area contributed by atoms with Gasteiger partial charge in [0.25, 0.3) is 11.6 Å². The molecule has 1 amide bonds. The molecule has 2 N–H and O–H groups in total. The summed E-state index contributed by atoms with van der Waals surface area (Å²) in [4.78, 5) is 25.2. The van der Waals surface area contributed by atoms with Crippen LogP contribution in [0.5, 0.6) is 0 Å². The molecule has 30 heavy (non-hydrogen) atoms. The van der Waals surface area contributed by atoms with Crippen molar-refractivity contribution in [2.45, 2.75) is 42.0 Å². The molecule has 2 aliphatic rings. The van der Waals surface area contributed by atoms with Crippen molar-refractivity contribution in [3.05, 3.63) is 51.4 Å². The van der Waals surface area contributed by atoms with Gasteiger partial charge in [0, 0.05) is 36.8 Å². The maximum atomic E-state index is 12.4. The number of hydrogen-bond donors (Lipinski definition) is 2. The predicted octanol–water partition coefficient (Wildman–Crippen LogP) is 2.50. The zero-order valence-electron chi connectivity index (χ0n) is 16.1. The zero-order valence-corrected chi connectivity index (χ0v) is 17.7. The van der Waals surface area contributed by atoms with E-state index in [1.165, 1.54) is 6.07 Å². The summed E-state index contributed by atoms with van der Waals surface area (Å²) in [5.41, 5.74) is 0.606. The number of sulfonamides is 1. The number of rotatable bonds is 7. The summed E-state index contributed by atoms with van der Waals surface area (Å²) in [6.45, 7) is 0.957. The second kappa shape index (κ2) is 8.32. The Balaban J connectivity index is 1.43. The standard InChI is InChI=1S/C19H22N4O5S2/c24-19(20-14-4-5-14)13-3-6-16(17(12-13)23(25)26)22-9-7-15(8-10-22)21-30(27,28)18-2-1-11-29-18/h1-3,6,11-12,14-15,21H,4-5,7-10H2,(H,20,24). The van der Waals surface area contributed by atoms with Crippen LogP contribution in [0.2, 0.25) is 0 Å². The summed E-state index contributed by atoms with van der Waals surface area (Å²) in [6, 6.07) is 7.73. The molecule has 1 saturated carbocycles. The van der Waals surface area contributed by atoms with Gasteiger partial charge in [-0.3, -0.25) is 14.9 Å². The Hall–Kier alpha value is -2.50. The van der Waals surface area contributed by atoms with E-state index >= 15 is 0 Å². The predicted molar refractivity (Wildman–Crippen MR) is 113 cm³/mol. The van der Waals surface area contributed by atoms with E-state index in [2.05, 4.69) is 10.0 Å². The molecule has 9 nitrogen and oxygen atoms in total. The number of amides is 1. The minimum atomic E-state index is -3.54. The molecule has 1 aliphatic carbocycles. The molecule has 0 bridgehead atoms. The van der Waals surface area contributed by atoms with Crippen molar-refractivity contribution in [2.75, 3.05) is 18.0 Å². The molecular formula is C19H22N4O5S2. The lowest BCUT2D eigenvalue weighted by atomic mass is 10.0. The Kier molecular flexibility index (Phi) is 5.76. The molecule has 2 aromatic rings. The molecule has 0 unspecified atom stereocenters. The number of piperidine rings is 1. The first-order chi connectivity index (χ1) is 14.3. The molecule has 0 radical (unpaired) electrons. The number of nitrogens with zero attached hydrogens (tertiary/aromatic N) is 2. The van der Waals surface area contributed by atoms with Crippen LogP contribution in [0.25, 0.3) is 0 Å². The Morgan fingerprint density at radius 1 is 1.13 bits per heavy atom. The van der Waals surface area contributed by atoms with E-state index in [0.29, 0.717) is 31.6 Å². The molecule has 0 atom stereocenters. The Bertz CT molecular complexity index is 1040. The van der Waals surface area contributed by atoms with E-state index in [1.807, 2.05) is 4.90 Å². The number of thiophene rings is 1. The molecular weight excluding hydrogens is 428 g/mol. The topological polar surface area (TPSA) is 122 Å². The van der Waals surface area contributed by atoms with Crippen molar-refractivity contribution in [2.24, 2.45) is 0 Å². The van der Waals surface area contributed by atoms with Crippen molar-refractivity contribution in [1.82, 2.24) is 10.0 Å². The van der Waals surface area contributed by atoms with Crippen molar-refractivity contribution >= 4 is 38.6 Å². The Morgan fingerprint density at radius 2 is 1.87 bits per heavy atom. The third-order valence-corrected chi connectivity index (χ3v) is 8.18. The number of nitrogens with one attached hydrogen (secondary N) is 2. The smallest absolute Gasteiger partial charge is 0.293 e. The number of anilines is 1. The van der Waals surface area contributed by atoms with E-state index < -0.39 is 14.9 Å². The summed E-state index contributed by atoms with van der Waals surface area (Å²) in [5, 5.41) is 16.2. The van der Waals surface area contributed by atoms with E-state index in [0.717, 1.165) is 24.2 Å². The van der Waals surface area contributed by atoms with Crippen molar-refractivity contribution in [1.29, 1.82) is 0 Å². The highest BCUT2D eigenvalue weighted by molar-refractivity contribution is 7.91. The van der Waals surface area contributed by atoms with Crippen LogP contribution in [0.4, 0.5) is 11.4 Å². The lowest BCUT2D eigenvalue weighted by molar-refractivity contribution is -0.384. The number of carbonyl (C=O) groups is 1. The molecule has 1 saturated heterocycles. The summed E-state index contributed by atoms with van der Waals surface area (Å²) in [5.74, 6) is -0.297. The fourth-order valence-electron chi connectivity index (χ4n) is 3.51. The van der Waals surface area contributed by atoms with Gasteiger partial charge in [0.1, 0.15) is 9.90 Å². The molecule has 4 rings (SSSR count). The fourth-order valence-corrected chi connectivity index (χ4v) is 5.82. The van der Waals surface area contributed by atoms with Crippen LogP contribution in [0.15, 0.2) is 39.9 Å². The van der Waals surface area contributed by atoms with Gasteiger partial charge in [-0.05, 0) is 49.3 Å². The van der Waals surface area contributed by atoms with Crippen molar-refractivity contribution in [3.63, 3.8) is 0 Å². The van der Waals surface area contributed by atoms with E-state index in [9.17, 15) is 23.3 Å². The number of carbonyl (C=O) groups excluding carboxylic acids is 1. The number of nitro groups is 1. The molecule has 160 valence electrons. The van der Waals surface area contributed by atoms with Crippen LogP contribution in [0, 0.1) is 10.1 Å². The van der Waals surface area contributed by atoms with E-state index in [-0.39, 0.29) is 33.5 Å². The minimum Gasteiger partial charge on any atom is -0.366 e. The fraction of sp³-hybridized carbons (Fsp3) is 0.421. The quantitative estimate of drug-likeness (QED) is 0.494. The molecule has 2 heterocycles. The van der Waals surface area contributed by atoms with E-state index in [1.54, 1.807) is 29.6 Å². The van der Waals surface area contributed by atoms with Crippen LogP contribution in [0.3, 0.4) is 0 Å². The van der Waals surface area contributed by atoms with Crippen LogP contribution in [-0.4, -0.2) is 44.4 Å². The van der Waals surface area contributed by atoms with Gasteiger partial charge in [-0.1, -0.05) is 6.07 Å². The van der Waals surface area contributed by atoms with Gasteiger partial charge in [-0.2, -0.15) is 0 Å². The molecule has 1 aliphatic heterocycles. The summed E-state index contributed by atoms with van der Waals surface area (Å²) in [7, 11) is -3.54. The first kappa shape index (κ1) is 20.8. The normalized spacial score (nSPS) is 17.7. The highest BCUT2D eigenvalue weighted by Gasteiger charge is 2.29. The van der Waals surface area contributed by atoms with Gasteiger partial charge < -0.3 is 10.2 Å². The van der Waals surface area contributed by atoms with Gasteiger partial charge in [-0.15, -0.1) is 11.3 Å². The summed E-state index contributed by atoms with van der Waals surface area (Å²) < 4.78 is 27.8. The third kappa shape index (κ3) is 4.63. The van der Waals surface area contributed by atoms with Crippen molar-refractivity contribution in [3.8, 4) is 0 Å². The molecule has 0 spiro atoms. The maximum absolute atomic E-state index is 12.4. The first-order valence-electron chi connectivity index (χ1n) is 9.73. The van der Waals surface area contributed by atoms with Gasteiger partial charge in [-0.25, -0.2) is 13.1 Å². The highest BCUT2D eigenvalue weighted by Crippen LogP contribution is 2.32. The monoisotopic (exact) mass is 450 g/mol. The molecule has 1 aromatic carbocycles. The third-order valence-electron chi connectivity index (χ3n) is 5.26. The Labute approximate surface area is 178 Å². The van der Waals surface area contributed by atoms with Gasteiger partial charge in [0.05, 0.1) is 4.92 Å². The van der Waals surface area contributed by atoms with Crippen molar-refractivity contribution < 1.29 is 18.1 Å². The first-order valence-corrected chi connectivity index (χ1v) is 12.1. The summed E-state index contributed by atoms with van der Waals surface area (Å²) in [6.07, 6.45) is 2.95. The molecule has 11 heteroatoms. The Morgan fingerprint density at radius 3 is 2.47 bits per heavy atom. The van der Waals surface area contributed by atoms with Gasteiger partial charge in [0.15, 0.2) is 0 Å². The highest BCUT2D eigenvalue weighted by atomic mass is 32.2. The number of benzene rings is 1. The van der Waals surface area contributed by atoms with Crippen LogP contribution < -0.4 is 14.9 Å². The largest absolute Gasteiger partial charge is 0.366 e. The van der Waals surface area contributed by atoms with Crippen LogP contribution in [-0.2, 0) is 10.0 Å².